The molecule has 2 aromatic carbocycles. The van der Waals surface area contributed by atoms with Crippen LogP contribution in [-0.4, -0.2) is 36.3 Å². The maximum absolute atomic E-state index is 13.0. The highest BCUT2D eigenvalue weighted by Gasteiger charge is 2.21. The third-order valence-corrected chi connectivity index (χ3v) is 5.87. The van der Waals surface area contributed by atoms with Crippen LogP contribution in [0.1, 0.15) is 48.0 Å². The first kappa shape index (κ1) is 19.8. The van der Waals surface area contributed by atoms with Gasteiger partial charge in [0.2, 0.25) is 5.91 Å². The fourth-order valence-corrected chi connectivity index (χ4v) is 4.29. The molecule has 0 aromatic heterocycles. The summed E-state index contributed by atoms with van der Waals surface area (Å²) in [7, 11) is 0. The van der Waals surface area contributed by atoms with E-state index in [1.54, 1.807) is 6.07 Å². The van der Waals surface area contributed by atoms with Gasteiger partial charge >= 0.3 is 0 Å². The lowest BCUT2D eigenvalue weighted by atomic mass is 10.1. The molecule has 1 N–H and O–H groups in total. The number of halogens is 1. The van der Waals surface area contributed by atoms with Gasteiger partial charge in [0.25, 0.3) is 5.91 Å². The summed E-state index contributed by atoms with van der Waals surface area (Å²) in [5.74, 6) is 0.0186. The Bertz CT molecular complexity index is 909. The largest absolute Gasteiger partial charge is 0.370 e. The molecule has 2 heterocycles. The molecule has 5 nitrogen and oxygen atoms in total. The average Bonchev–Trinajstić information content (AvgIpc) is 3.13. The van der Waals surface area contributed by atoms with E-state index in [4.69, 9.17) is 11.6 Å². The molecule has 0 bridgehead atoms. The van der Waals surface area contributed by atoms with Gasteiger partial charge in [-0.2, -0.15) is 0 Å². The molecular weight excluding hydrogens is 386 g/mol. The Hall–Kier alpha value is -2.53. The van der Waals surface area contributed by atoms with Gasteiger partial charge in [-0.25, -0.2) is 0 Å². The van der Waals surface area contributed by atoms with Gasteiger partial charge in [0.15, 0.2) is 0 Å². The van der Waals surface area contributed by atoms with E-state index < -0.39 is 0 Å². The highest BCUT2D eigenvalue weighted by atomic mass is 35.5. The summed E-state index contributed by atoms with van der Waals surface area (Å²) in [5, 5.41) is 3.65. The molecule has 2 aromatic rings. The van der Waals surface area contributed by atoms with Gasteiger partial charge in [0, 0.05) is 43.2 Å². The minimum absolute atomic E-state index is 0.167. The van der Waals surface area contributed by atoms with E-state index in [9.17, 15) is 9.59 Å². The van der Waals surface area contributed by atoms with Crippen molar-refractivity contribution in [2.24, 2.45) is 0 Å². The first-order valence-corrected chi connectivity index (χ1v) is 10.7. The summed E-state index contributed by atoms with van der Waals surface area (Å²) in [6, 6.07) is 13.2. The SMILES string of the molecule is O=C(Nc1cc(Cl)ccc1N1CCCCC1)c1cccc(CN2CCCC2=O)c1. The quantitative estimate of drug-likeness (QED) is 0.775. The Balaban J connectivity index is 1.51. The Morgan fingerprint density at radius 3 is 2.59 bits per heavy atom. The smallest absolute Gasteiger partial charge is 0.255 e. The van der Waals surface area contributed by atoms with Gasteiger partial charge in [0.05, 0.1) is 11.4 Å². The minimum atomic E-state index is -0.167. The summed E-state index contributed by atoms with van der Waals surface area (Å²) in [5.41, 5.74) is 3.31. The Morgan fingerprint density at radius 2 is 1.83 bits per heavy atom. The number of anilines is 2. The van der Waals surface area contributed by atoms with Crippen LogP contribution in [0.15, 0.2) is 42.5 Å². The van der Waals surface area contributed by atoms with Gasteiger partial charge in [-0.05, 0) is 61.6 Å². The van der Waals surface area contributed by atoms with E-state index in [1.807, 2.05) is 41.3 Å². The van der Waals surface area contributed by atoms with E-state index in [1.165, 1.54) is 6.42 Å². The molecule has 6 heteroatoms. The molecule has 2 aliphatic rings. The van der Waals surface area contributed by atoms with Crippen molar-refractivity contribution in [2.45, 2.75) is 38.6 Å². The molecule has 2 saturated heterocycles. The number of nitrogens with one attached hydrogen (secondary N) is 1. The Kier molecular flexibility index (Phi) is 6.05. The van der Waals surface area contributed by atoms with Crippen molar-refractivity contribution in [1.82, 2.24) is 4.90 Å². The van der Waals surface area contributed by atoms with Crippen molar-refractivity contribution in [3.63, 3.8) is 0 Å². The molecule has 4 rings (SSSR count). The summed E-state index contributed by atoms with van der Waals surface area (Å²) < 4.78 is 0. The van der Waals surface area contributed by atoms with Crippen LogP contribution in [0.3, 0.4) is 0 Å². The fourth-order valence-electron chi connectivity index (χ4n) is 4.12. The number of rotatable bonds is 5. The van der Waals surface area contributed by atoms with Gasteiger partial charge in [-0.3, -0.25) is 9.59 Å². The topological polar surface area (TPSA) is 52.7 Å². The first-order valence-electron chi connectivity index (χ1n) is 10.3. The zero-order chi connectivity index (χ0) is 20.2. The molecular formula is C23H26ClN3O2. The molecule has 2 fully saturated rings. The molecule has 0 radical (unpaired) electrons. The average molecular weight is 412 g/mol. The number of amides is 2. The number of likely N-dealkylation sites (tertiary alicyclic amines) is 1. The van der Waals surface area contributed by atoms with Crippen molar-refractivity contribution in [3.8, 4) is 0 Å². The summed E-state index contributed by atoms with van der Waals surface area (Å²) in [6.07, 6.45) is 5.10. The van der Waals surface area contributed by atoms with E-state index in [2.05, 4.69) is 10.2 Å². The first-order chi connectivity index (χ1) is 14.1. The maximum Gasteiger partial charge on any atom is 0.255 e. The third kappa shape index (κ3) is 4.73. The molecule has 152 valence electrons. The van der Waals surface area contributed by atoms with Gasteiger partial charge < -0.3 is 15.1 Å². The van der Waals surface area contributed by atoms with E-state index in [-0.39, 0.29) is 11.8 Å². The number of benzene rings is 2. The van der Waals surface area contributed by atoms with E-state index >= 15 is 0 Å². The molecule has 2 amide bonds. The van der Waals surface area contributed by atoms with Gasteiger partial charge in [-0.15, -0.1) is 0 Å². The van der Waals surface area contributed by atoms with E-state index in [0.717, 1.165) is 55.8 Å². The number of piperidine rings is 1. The van der Waals surface area contributed by atoms with E-state index in [0.29, 0.717) is 23.6 Å². The van der Waals surface area contributed by atoms with Crippen molar-refractivity contribution in [1.29, 1.82) is 0 Å². The normalized spacial score (nSPS) is 16.9. The predicted molar refractivity (Wildman–Crippen MR) is 117 cm³/mol. The van der Waals surface area contributed by atoms with Crippen LogP contribution in [-0.2, 0) is 11.3 Å². The van der Waals surface area contributed by atoms with Crippen LogP contribution >= 0.6 is 11.6 Å². The number of nitrogens with zero attached hydrogens (tertiary/aromatic N) is 2. The molecule has 2 aliphatic heterocycles. The van der Waals surface area contributed by atoms with Gasteiger partial charge in [0.1, 0.15) is 0 Å². The van der Waals surface area contributed by atoms with Crippen LogP contribution in [0.5, 0.6) is 0 Å². The van der Waals surface area contributed by atoms with Crippen LogP contribution in [0.4, 0.5) is 11.4 Å². The molecule has 0 spiro atoms. The Morgan fingerprint density at radius 1 is 1.00 bits per heavy atom. The zero-order valence-electron chi connectivity index (χ0n) is 16.5. The maximum atomic E-state index is 13.0. The lowest BCUT2D eigenvalue weighted by molar-refractivity contribution is -0.128. The molecule has 0 unspecified atom stereocenters. The Labute approximate surface area is 176 Å². The zero-order valence-corrected chi connectivity index (χ0v) is 17.3. The van der Waals surface area contributed by atoms with Crippen LogP contribution in [0.25, 0.3) is 0 Å². The highest BCUT2D eigenvalue weighted by molar-refractivity contribution is 6.31. The number of hydrogen-bond acceptors (Lipinski definition) is 3. The second-order valence-electron chi connectivity index (χ2n) is 7.78. The summed E-state index contributed by atoms with van der Waals surface area (Å²) in [4.78, 5) is 29.0. The van der Waals surface area contributed by atoms with Crippen molar-refractivity contribution in [3.05, 3.63) is 58.6 Å². The molecule has 0 aliphatic carbocycles. The number of carbonyl (C=O) groups excluding carboxylic acids is 2. The molecule has 29 heavy (non-hydrogen) atoms. The van der Waals surface area contributed by atoms with Crippen LogP contribution in [0.2, 0.25) is 5.02 Å². The minimum Gasteiger partial charge on any atom is -0.370 e. The van der Waals surface area contributed by atoms with Gasteiger partial charge in [-0.1, -0.05) is 23.7 Å². The van der Waals surface area contributed by atoms with Crippen molar-refractivity contribution >= 4 is 34.8 Å². The molecule has 0 atom stereocenters. The third-order valence-electron chi connectivity index (χ3n) is 5.64. The fraction of sp³-hybridized carbons (Fsp3) is 0.391. The monoisotopic (exact) mass is 411 g/mol. The molecule has 0 saturated carbocycles. The lowest BCUT2D eigenvalue weighted by Crippen LogP contribution is -2.30. The van der Waals surface area contributed by atoms with Crippen LogP contribution in [0, 0.1) is 0 Å². The standard InChI is InChI=1S/C23H26ClN3O2/c24-19-9-10-21(26-11-2-1-3-12-26)20(15-19)25-23(29)18-7-4-6-17(14-18)16-27-13-5-8-22(27)28/h4,6-7,9-10,14-15H,1-3,5,8,11-13,16H2,(H,25,29). The number of carbonyl (C=O) groups is 2. The van der Waals surface area contributed by atoms with Crippen molar-refractivity contribution in [2.75, 3.05) is 29.9 Å². The lowest BCUT2D eigenvalue weighted by Gasteiger charge is -2.30. The second-order valence-corrected chi connectivity index (χ2v) is 8.22. The number of hydrogen-bond donors (Lipinski definition) is 1. The predicted octanol–water partition coefficient (Wildman–Crippen LogP) is 4.71. The summed E-state index contributed by atoms with van der Waals surface area (Å²) >= 11 is 6.21. The summed E-state index contributed by atoms with van der Waals surface area (Å²) in [6.45, 7) is 3.32. The van der Waals surface area contributed by atoms with Crippen LogP contribution < -0.4 is 10.2 Å². The second kappa shape index (κ2) is 8.87. The van der Waals surface area contributed by atoms with Crippen molar-refractivity contribution < 1.29 is 9.59 Å². The highest BCUT2D eigenvalue weighted by Crippen LogP contribution is 2.31.